The molecular weight excluding hydrogens is 668 g/mol. The summed E-state index contributed by atoms with van der Waals surface area (Å²) in [6.45, 7) is 6.25. The Bertz CT molecular complexity index is 2760. The van der Waals surface area contributed by atoms with Gasteiger partial charge in [0.25, 0.3) is 13.4 Å². The van der Waals surface area contributed by atoms with Gasteiger partial charge in [-0.25, -0.2) is 0 Å². The van der Waals surface area contributed by atoms with Gasteiger partial charge in [-0.15, -0.1) is 0 Å². The number of hydrogen-bond donors (Lipinski definition) is 0. The lowest BCUT2D eigenvalue weighted by Crippen LogP contribution is -2.64. The summed E-state index contributed by atoms with van der Waals surface area (Å²) >= 11 is 0. The van der Waals surface area contributed by atoms with Crippen LogP contribution in [0.25, 0.3) is 0 Å². The Morgan fingerprint density at radius 2 is 1.07 bits per heavy atom. The highest BCUT2D eigenvalue weighted by molar-refractivity contribution is 7.02. The monoisotopic (exact) mass is 703 g/mol. The number of anilines is 8. The predicted octanol–water partition coefficient (Wildman–Crippen LogP) is 8.49. The zero-order valence-electron chi connectivity index (χ0n) is 30.4. The molecule has 0 aromatic heterocycles. The average Bonchev–Trinajstić information content (AvgIpc) is 3.24. The largest absolute Gasteiger partial charge is 0.458 e. The molecule has 4 aliphatic heterocycles. The van der Waals surface area contributed by atoms with Gasteiger partial charge in [0.05, 0.1) is 0 Å². The maximum atomic E-state index is 7.05. The Kier molecular flexibility index (Phi) is 7.08. The summed E-state index contributed by atoms with van der Waals surface area (Å²) in [5.74, 6) is 1.77. The van der Waals surface area contributed by atoms with E-state index in [4.69, 9.17) is 4.74 Å². The molecule has 7 aromatic carbocycles. The number of benzene rings is 7. The number of nitrogens with zero attached hydrogens (tertiary/aromatic N) is 3. The Labute approximate surface area is 322 Å². The second-order valence-corrected chi connectivity index (χ2v) is 14.4. The second-order valence-electron chi connectivity index (χ2n) is 14.4. The normalized spacial score (nSPS) is 14.3. The zero-order valence-corrected chi connectivity index (χ0v) is 30.4. The van der Waals surface area contributed by atoms with E-state index in [2.05, 4.69) is 197 Å². The number of allylic oxidation sites excluding steroid dienone is 4. The molecule has 4 nitrogen and oxygen atoms in total. The smallest absolute Gasteiger partial charge is 0.256 e. The van der Waals surface area contributed by atoms with E-state index in [1.54, 1.807) is 0 Å². The predicted molar refractivity (Wildman–Crippen MR) is 233 cm³/mol. The topological polar surface area (TPSA) is 19.0 Å². The van der Waals surface area contributed by atoms with Gasteiger partial charge in [-0.2, -0.15) is 0 Å². The molecule has 0 fully saturated rings. The Morgan fingerprint density at radius 3 is 1.76 bits per heavy atom. The van der Waals surface area contributed by atoms with Crippen LogP contribution in [0.2, 0.25) is 0 Å². The van der Waals surface area contributed by atoms with Crippen LogP contribution < -0.4 is 52.2 Å². The molecule has 0 N–H and O–H groups in total. The second kappa shape index (κ2) is 12.3. The van der Waals surface area contributed by atoms with Crippen LogP contribution in [-0.4, -0.2) is 13.4 Å². The minimum absolute atomic E-state index is 0.00531. The number of ether oxygens (including phenoxy) is 1. The average molecular weight is 703 g/mol. The van der Waals surface area contributed by atoms with E-state index in [9.17, 15) is 0 Å². The molecule has 0 bridgehead atoms. The summed E-state index contributed by atoms with van der Waals surface area (Å²) in [5, 5.41) is 0. The first-order valence-electron chi connectivity index (χ1n) is 19.0. The zero-order chi connectivity index (χ0) is 36.6. The minimum Gasteiger partial charge on any atom is -0.458 e. The van der Waals surface area contributed by atoms with Crippen molar-refractivity contribution in [2.75, 3.05) is 14.7 Å². The van der Waals surface area contributed by atoms with Gasteiger partial charge in [0.1, 0.15) is 11.5 Å². The lowest BCUT2D eigenvalue weighted by molar-refractivity contribution is 0.488. The van der Waals surface area contributed by atoms with Crippen LogP contribution in [0.1, 0.15) is 6.92 Å². The van der Waals surface area contributed by atoms with Crippen molar-refractivity contribution in [1.29, 1.82) is 0 Å². The Balaban J connectivity index is 1.19. The molecule has 0 saturated heterocycles. The van der Waals surface area contributed by atoms with E-state index < -0.39 is 0 Å². The van der Waals surface area contributed by atoms with Crippen LogP contribution in [0, 0.1) is 0 Å². The molecule has 0 saturated carbocycles. The van der Waals surface area contributed by atoms with Crippen LogP contribution in [0.3, 0.4) is 0 Å². The maximum absolute atomic E-state index is 7.05. The van der Waals surface area contributed by atoms with Gasteiger partial charge in [-0.05, 0) is 113 Å². The van der Waals surface area contributed by atoms with E-state index in [0.29, 0.717) is 0 Å². The van der Waals surface area contributed by atoms with Gasteiger partial charge in [0, 0.05) is 57.3 Å². The number of hydrogen-bond acceptors (Lipinski definition) is 4. The lowest BCUT2D eigenvalue weighted by atomic mass is 9.30. The fourth-order valence-corrected chi connectivity index (χ4v) is 9.43. The molecule has 0 amide bonds. The minimum atomic E-state index is -0.0260. The molecule has 6 heteroatoms. The first-order chi connectivity index (χ1) is 27.2. The van der Waals surface area contributed by atoms with Crippen molar-refractivity contribution < 1.29 is 4.74 Å². The van der Waals surface area contributed by atoms with Crippen LogP contribution in [0.4, 0.5) is 45.5 Å². The highest BCUT2D eigenvalue weighted by Gasteiger charge is 2.47. The fourth-order valence-electron chi connectivity index (χ4n) is 9.43. The van der Waals surface area contributed by atoms with Crippen molar-refractivity contribution in [2.45, 2.75) is 6.92 Å². The number of fused-ring (bicyclic) bond motifs is 8. The van der Waals surface area contributed by atoms with Crippen molar-refractivity contribution in [2.24, 2.45) is 0 Å². The molecule has 0 radical (unpaired) electrons. The van der Waals surface area contributed by atoms with Gasteiger partial charge in [-0.1, -0.05) is 110 Å². The van der Waals surface area contributed by atoms with Gasteiger partial charge in [0.2, 0.25) is 0 Å². The quantitative estimate of drug-likeness (QED) is 0.132. The summed E-state index contributed by atoms with van der Waals surface area (Å²) in [5.41, 5.74) is 17.7. The van der Waals surface area contributed by atoms with Gasteiger partial charge >= 0.3 is 0 Å². The molecule has 7 aromatic rings. The molecule has 11 rings (SSSR count). The molecule has 0 unspecified atom stereocenters. The number of rotatable bonds is 5. The van der Waals surface area contributed by atoms with E-state index in [-0.39, 0.29) is 13.4 Å². The van der Waals surface area contributed by atoms with Crippen LogP contribution in [-0.2, 0) is 0 Å². The summed E-state index contributed by atoms with van der Waals surface area (Å²) in [6, 6.07) is 57.3. The first kappa shape index (κ1) is 31.6. The SMILES string of the molecule is C=C/C(=C\C=C/C)N1c2ccccc2B2c3cc4c(cc3Oc3cccc1c32)N(c1ccccc1)c1cccc2c1B4c1ccccc1N2c1ccccc1. The Hall–Kier alpha value is -6.91. The van der Waals surface area contributed by atoms with Crippen LogP contribution >= 0.6 is 0 Å². The Morgan fingerprint density at radius 1 is 0.509 bits per heavy atom. The molecule has 0 spiro atoms. The van der Waals surface area contributed by atoms with Crippen molar-refractivity contribution in [3.8, 4) is 11.5 Å². The fraction of sp³-hybridized carbons (Fsp3) is 0.0204. The standard InChI is InChI=1S/C49H35B2N3O/c1-3-5-18-33(4-2)52-40-25-14-13-24-37(40)51-39-31-38-45(32-47(39)55-46-30-17-29-44(52)49(46)51)54(35-21-10-7-11-22-35)43-28-16-27-42-48(43)50(38)36-23-12-15-26-41(36)53(42)34-19-8-6-9-20-34/h3-32H,2H2,1H3/b5-3-,33-18+. The van der Waals surface area contributed by atoms with E-state index in [1.807, 2.05) is 13.0 Å². The molecule has 4 aliphatic rings. The van der Waals surface area contributed by atoms with Gasteiger partial charge in [-0.3, -0.25) is 0 Å². The third kappa shape index (κ3) is 4.55. The molecule has 0 aliphatic carbocycles. The molecule has 55 heavy (non-hydrogen) atoms. The van der Waals surface area contributed by atoms with Gasteiger partial charge < -0.3 is 19.4 Å². The van der Waals surface area contributed by atoms with Crippen molar-refractivity contribution in [3.05, 3.63) is 194 Å². The summed E-state index contributed by atoms with van der Waals surface area (Å²) in [6.07, 6.45) is 8.20. The molecule has 0 atom stereocenters. The van der Waals surface area contributed by atoms with Crippen molar-refractivity contribution >= 4 is 91.7 Å². The van der Waals surface area contributed by atoms with E-state index >= 15 is 0 Å². The summed E-state index contributed by atoms with van der Waals surface area (Å²) < 4.78 is 7.05. The maximum Gasteiger partial charge on any atom is 0.256 e. The van der Waals surface area contributed by atoms with Crippen molar-refractivity contribution in [1.82, 2.24) is 0 Å². The van der Waals surface area contributed by atoms with Gasteiger partial charge in [0.15, 0.2) is 0 Å². The first-order valence-corrected chi connectivity index (χ1v) is 19.0. The van der Waals surface area contributed by atoms with E-state index in [1.165, 1.54) is 49.8 Å². The summed E-state index contributed by atoms with van der Waals surface area (Å²) in [4.78, 5) is 7.21. The van der Waals surface area contributed by atoms with Crippen LogP contribution in [0.15, 0.2) is 194 Å². The molecule has 258 valence electrons. The van der Waals surface area contributed by atoms with E-state index in [0.717, 1.165) is 45.6 Å². The lowest BCUT2D eigenvalue weighted by Gasteiger charge is -2.45. The highest BCUT2D eigenvalue weighted by Crippen LogP contribution is 2.45. The summed E-state index contributed by atoms with van der Waals surface area (Å²) in [7, 11) is 0. The van der Waals surface area contributed by atoms with Crippen LogP contribution in [0.5, 0.6) is 11.5 Å². The third-order valence-corrected chi connectivity index (χ3v) is 11.6. The molecular formula is C49H35B2N3O. The number of para-hydroxylation sites is 4. The third-order valence-electron chi connectivity index (χ3n) is 11.6. The molecule has 4 heterocycles. The highest BCUT2D eigenvalue weighted by atomic mass is 16.5. The van der Waals surface area contributed by atoms with Crippen molar-refractivity contribution in [3.63, 3.8) is 0 Å².